The molecule has 4 aliphatic rings. The van der Waals surface area contributed by atoms with Crippen LogP contribution in [0.4, 0.5) is 0 Å². The molecule has 25 heavy (non-hydrogen) atoms. The van der Waals surface area contributed by atoms with Gasteiger partial charge in [-0.1, -0.05) is 26.0 Å². The summed E-state index contributed by atoms with van der Waals surface area (Å²) in [5.74, 6) is 0.829. The Morgan fingerprint density at radius 1 is 1.16 bits per heavy atom. The van der Waals surface area contributed by atoms with Crippen LogP contribution < -0.4 is 0 Å². The number of hydrogen-bond acceptors (Lipinski definition) is 4. The Labute approximate surface area is 149 Å². The van der Waals surface area contributed by atoms with Crippen LogP contribution in [0.25, 0.3) is 0 Å². The van der Waals surface area contributed by atoms with E-state index >= 15 is 0 Å². The van der Waals surface area contributed by atoms with Gasteiger partial charge in [-0.3, -0.25) is 4.79 Å². The van der Waals surface area contributed by atoms with Crippen molar-refractivity contribution in [3.63, 3.8) is 0 Å². The molecule has 8 atom stereocenters. The number of ketones is 1. The van der Waals surface area contributed by atoms with Gasteiger partial charge in [-0.05, 0) is 68.4 Å². The fraction of sp³-hybridized carbons (Fsp3) is 0.762. The number of fused-ring (bicyclic) bond motifs is 5. The third kappa shape index (κ3) is 2.08. The Morgan fingerprint density at radius 2 is 1.84 bits per heavy atom. The van der Waals surface area contributed by atoms with Crippen molar-refractivity contribution in [2.75, 3.05) is 0 Å². The third-order valence-corrected chi connectivity index (χ3v) is 8.41. The van der Waals surface area contributed by atoms with Gasteiger partial charge in [-0.15, -0.1) is 0 Å². The molecule has 0 saturated heterocycles. The normalized spacial score (nSPS) is 54.3. The average molecular weight is 346 g/mol. The topological polar surface area (TPSA) is 77.8 Å². The smallest absolute Gasteiger partial charge is 0.161 e. The van der Waals surface area contributed by atoms with Crippen LogP contribution in [-0.4, -0.2) is 38.9 Å². The Kier molecular flexibility index (Phi) is 3.68. The standard InChI is InChI=1S/C21H30O4/c1-12(22)21(25)9-6-16-14-11-18(24)17-10-13(23)4-7-19(17,2)15(14)5-8-20(16,21)3/h4,7,10,13-16,18,23-25H,5-6,8-9,11H2,1-3H3/t13?,14-,15+,16+,18?,19-,20+,21+/m1/s1. The van der Waals surface area contributed by atoms with Crippen molar-refractivity contribution < 1.29 is 20.1 Å². The van der Waals surface area contributed by atoms with Crippen LogP contribution in [0.3, 0.4) is 0 Å². The van der Waals surface area contributed by atoms with Crippen LogP contribution in [0.15, 0.2) is 23.8 Å². The SMILES string of the molecule is CC(=O)[C@@]1(O)CC[C@H]2[C@@H]3CC(O)C4=CC(O)C=C[C@]4(C)[C@H]3CC[C@@]21C. The van der Waals surface area contributed by atoms with Crippen molar-refractivity contribution in [3.8, 4) is 0 Å². The minimum atomic E-state index is -1.22. The van der Waals surface area contributed by atoms with E-state index in [0.29, 0.717) is 24.7 Å². The van der Waals surface area contributed by atoms with Gasteiger partial charge < -0.3 is 15.3 Å². The van der Waals surface area contributed by atoms with E-state index < -0.39 is 23.2 Å². The lowest BCUT2D eigenvalue weighted by molar-refractivity contribution is -0.160. The molecule has 0 amide bonds. The Hall–Kier alpha value is -0.970. The quantitative estimate of drug-likeness (QED) is 0.637. The number of carbonyl (C=O) groups is 1. The monoisotopic (exact) mass is 346 g/mol. The molecule has 0 aromatic carbocycles. The highest BCUT2D eigenvalue weighted by molar-refractivity contribution is 5.86. The number of carbonyl (C=O) groups excluding carboxylic acids is 1. The number of rotatable bonds is 1. The molecule has 0 aromatic heterocycles. The van der Waals surface area contributed by atoms with Gasteiger partial charge >= 0.3 is 0 Å². The minimum absolute atomic E-state index is 0.111. The molecule has 3 N–H and O–H groups in total. The lowest BCUT2D eigenvalue weighted by atomic mass is 9.46. The highest BCUT2D eigenvalue weighted by Crippen LogP contribution is 2.67. The van der Waals surface area contributed by atoms with Gasteiger partial charge in [0.1, 0.15) is 5.60 Å². The van der Waals surface area contributed by atoms with Gasteiger partial charge in [-0.2, -0.15) is 0 Å². The number of Topliss-reactive ketones (excluding diaryl/α,β-unsaturated/α-hetero) is 1. The van der Waals surface area contributed by atoms with Crippen LogP contribution in [0.1, 0.15) is 52.9 Å². The molecule has 0 bridgehead atoms. The summed E-state index contributed by atoms with van der Waals surface area (Å²) in [6.07, 6.45) is 8.39. The number of aliphatic hydroxyl groups is 3. The van der Waals surface area contributed by atoms with E-state index in [9.17, 15) is 20.1 Å². The molecule has 4 rings (SSSR count). The van der Waals surface area contributed by atoms with Crippen molar-refractivity contribution in [1.82, 2.24) is 0 Å². The van der Waals surface area contributed by atoms with E-state index in [-0.39, 0.29) is 17.1 Å². The first-order chi connectivity index (χ1) is 11.6. The van der Waals surface area contributed by atoms with Crippen LogP contribution in [0.2, 0.25) is 0 Å². The first kappa shape index (κ1) is 17.4. The van der Waals surface area contributed by atoms with Crippen LogP contribution in [-0.2, 0) is 4.79 Å². The molecule has 4 heteroatoms. The first-order valence-corrected chi connectivity index (χ1v) is 9.64. The summed E-state index contributed by atoms with van der Waals surface area (Å²) in [5.41, 5.74) is -0.898. The summed E-state index contributed by atoms with van der Waals surface area (Å²) in [7, 11) is 0. The summed E-state index contributed by atoms with van der Waals surface area (Å²) in [6, 6.07) is 0. The maximum absolute atomic E-state index is 12.2. The third-order valence-electron chi connectivity index (χ3n) is 8.41. The van der Waals surface area contributed by atoms with E-state index in [2.05, 4.69) is 19.9 Å². The zero-order valence-electron chi connectivity index (χ0n) is 15.4. The molecule has 0 radical (unpaired) electrons. The van der Waals surface area contributed by atoms with Crippen molar-refractivity contribution in [2.45, 2.75) is 70.7 Å². The maximum Gasteiger partial charge on any atom is 0.161 e. The van der Waals surface area contributed by atoms with Crippen LogP contribution in [0, 0.1) is 28.6 Å². The zero-order chi connectivity index (χ0) is 18.2. The second-order valence-corrected chi connectivity index (χ2v) is 9.29. The average Bonchev–Trinajstić information content (AvgIpc) is 2.83. The van der Waals surface area contributed by atoms with Gasteiger partial charge in [0, 0.05) is 10.8 Å². The maximum atomic E-state index is 12.2. The largest absolute Gasteiger partial charge is 0.389 e. The zero-order valence-corrected chi connectivity index (χ0v) is 15.4. The molecule has 4 nitrogen and oxygen atoms in total. The van der Waals surface area contributed by atoms with Gasteiger partial charge in [0.2, 0.25) is 0 Å². The van der Waals surface area contributed by atoms with E-state index in [1.165, 1.54) is 6.92 Å². The summed E-state index contributed by atoms with van der Waals surface area (Å²) in [6.45, 7) is 5.78. The molecule has 3 fully saturated rings. The van der Waals surface area contributed by atoms with Crippen LogP contribution >= 0.6 is 0 Å². The second kappa shape index (κ2) is 5.28. The van der Waals surface area contributed by atoms with Gasteiger partial charge in [-0.25, -0.2) is 0 Å². The number of hydrogen-bond donors (Lipinski definition) is 3. The molecule has 3 saturated carbocycles. The fourth-order valence-electron chi connectivity index (χ4n) is 6.96. The van der Waals surface area contributed by atoms with E-state index in [1.54, 1.807) is 0 Å². The highest BCUT2D eigenvalue weighted by Gasteiger charge is 2.66. The van der Waals surface area contributed by atoms with Crippen LogP contribution in [0.5, 0.6) is 0 Å². The van der Waals surface area contributed by atoms with Gasteiger partial charge in [0.25, 0.3) is 0 Å². The first-order valence-electron chi connectivity index (χ1n) is 9.64. The van der Waals surface area contributed by atoms with Gasteiger partial charge in [0.15, 0.2) is 5.78 Å². The Morgan fingerprint density at radius 3 is 2.52 bits per heavy atom. The highest BCUT2D eigenvalue weighted by atomic mass is 16.3. The Balaban J connectivity index is 1.73. The predicted molar refractivity (Wildman–Crippen MR) is 94.6 cm³/mol. The van der Waals surface area contributed by atoms with E-state index in [0.717, 1.165) is 24.8 Å². The van der Waals surface area contributed by atoms with Crippen molar-refractivity contribution in [2.24, 2.45) is 28.6 Å². The summed E-state index contributed by atoms with van der Waals surface area (Å²) in [5, 5.41) is 31.9. The van der Waals surface area contributed by atoms with Gasteiger partial charge in [0.05, 0.1) is 12.2 Å². The molecule has 4 aliphatic carbocycles. The number of aliphatic hydroxyl groups excluding tert-OH is 2. The summed E-state index contributed by atoms with van der Waals surface area (Å²) < 4.78 is 0. The molecule has 138 valence electrons. The van der Waals surface area contributed by atoms with E-state index in [4.69, 9.17) is 0 Å². The lowest BCUT2D eigenvalue weighted by Gasteiger charge is -2.59. The lowest BCUT2D eigenvalue weighted by Crippen LogP contribution is -2.58. The molecule has 0 spiro atoms. The molecule has 0 heterocycles. The van der Waals surface area contributed by atoms with Crippen molar-refractivity contribution >= 4 is 5.78 Å². The van der Waals surface area contributed by atoms with E-state index in [1.807, 2.05) is 12.2 Å². The Bertz CT molecular complexity index is 667. The molecular weight excluding hydrogens is 316 g/mol. The molecular formula is C21H30O4. The van der Waals surface area contributed by atoms with Crippen molar-refractivity contribution in [3.05, 3.63) is 23.8 Å². The second-order valence-electron chi connectivity index (χ2n) is 9.29. The number of allylic oxidation sites excluding steroid dienone is 1. The molecule has 0 aliphatic heterocycles. The fourth-order valence-corrected chi connectivity index (χ4v) is 6.96. The predicted octanol–water partition coefficient (Wildman–Crippen LogP) is 2.38. The molecule has 0 aromatic rings. The minimum Gasteiger partial charge on any atom is -0.389 e. The summed E-state index contributed by atoms with van der Waals surface area (Å²) in [4.78, 5) is 12.2. The van der Waals surface area contributed by atoms with Crippen molar-refractivity contribution in [1.29, 1.82) is 0 Å². The molecule has 2 unspecified atom stereocenters. The summed E-state index contributed by atoms with van der Waals surface area (Å²) >= 11 is 0.